The van der Waals surface area contributed by atoms with Crippen LogP contribution in [0.5, 0.6) is 0 Å². The van der Waals surface area contributed by atoms with Crippen LogP contribution in [0.15, 0.2) is 39.2 Å². The van der Waals surface area contributed by atoms with Crippen molar-refractivity contribution in [2.24, 2.45) is 4.40 Å². The molecule has 2 rings (SSSR count). The second-order valence-electron chi connectivity index (χ2n) is 5.57. The number of halogens is 1. The fourth-order valence-corrected chi connectivity index (χ4v) is 2.57. The fraction of sp³-hybridized carbons (Fsp3) is 0.333. The number of aromatic nitrogens is 1. The number of hydrogen-bond donors (Lipinski definition) is 0. The van der Waals surface area contributed by atoms with Crippen LogP contribution in [0.25, 0.3) is 10.9 Å². The van der Waals surface area contributed by atoms with E-state index in [9.17, 15) is 4.21 Å². The highest BCUT2D eigenvalue weighted by Gasteiger charge is 2.19. The van der Waals surface area contributed by atoms with Crippen molar-refractivity contribution in [3.05, 3.63) is 40.5 Å². The Morgan fingerprint density at radius 3 is 2.55 bits per heavy atom. The number of fused-ring (bicyclic) bond motifs is 1. The van der Waals surface area contributed by atoms with E-state index in [1.54, 1.807) is 0 Å². The first kappa shape index (κ1) is 15.3. The van der Waals surface area contributed by atoms with Crippen LogP contribution in [-0.4, -0.2) is 19.7 Å². The predicted octanol–water partition coefficient (Wildman–Crippen LogP) is 4.27. The topological polar surface area (TPSA) is 42.3 Å². The normalized spacial score (nSPS) is 14.6. The van der Waals surface area contributed by atoms with Gasteiger partial charge in [0.2, 0.25) is 0 Å². The van der Waals surface area contributed by atoms with E-state index in [0.29, 0.717) is 5.71 Å². The highest BCUT2D eigenvalue weighted by molar-refractivity contribution is 9.10. The monoisotopic (exact) mass is 352 g/mol. The van der Waals surface area contributed by atoms with Crippen molar-refractivity contribution in [1.82, 2.24) is 4.98 Å². The second-order valence-corrected chi connectivity index (χ2v) is 8.39. The number of rotatable bonds is 2. The summed E-state index contributed by atoms with van der Waals surface area (Å²) < 4.78 is 16.9. The first-order chi connectivity index (χ1) is 9.27. The maximum Gasteiger partial charge on any atom is 0.145 e. The van der Waals surface area contributed by atoms with Gasteiger partial charge >= 0.3 is 0 Å². The van der Waals surface area contributed by atoms with Crippen molar-refractivity contribution in [2.45, 2.75) is 32.4 Å². The van der Waals surface area contributed by atoms with Crippen LogP contribution in [-0.2, 0) is 11.0 Å². The van der Waals surface area contributed by atoms with Gasteiger partial charge in [0, 0.05) is 9.86 Å². The summed E-state index contributed by atoms with van der Waals surface area (Å²) in [7, 11) is -1.27. The molecule has 106 valence electrons. The Morgan fingerprint density at radius 1 is 1.25 bits per heavy atom. The summed E-state index contributed by atoms with van der Waals surface area (Å²) in [6.45, 7) is 7.57. The van der Waals surface area contributed by atoms with E-state index < -0.39 is 11.0 Å². The van der Waals surface area contributed by atoms with Crippen LogP contribution in [0.2, 0.25) is 0 Å². The fourth-order valence-electron chi connectivity index (χ4n) is 1.60. The van der Waals surface area contributed by atoms with Gasteiger partial charge in [-0.3, -0.25) is 0 Å². The summed E-state index contributed by atoms with van der Waals surface area (Å²) in [5.41, 5.74) is 2.35. The van der Waals surface area contributed by atoms with Crippen molar-refractivity contribution < 1.29 is 4.21 Å². The molecule has 20 heavy (non-hydrogen) atoms. The molecule has 0 amide bonds. The molecule has 0 radical (unpaired) electrons. The largest absolute Gasteiger partial charge is 0.246 e. The zero-order valence-corrected chi connectivity index (χ0v) is 14.4. The highest BCUT2D eigenvalue weighted by Crippen LogP contribution is 2.19. The third-order valence-corrected chi connectivity index (χ3v) is 4.75. The first-order valence-electron chi connectivity index (χ1n) is 6.31. The molecule has 0 fully saturated rings. The molecule has 0 saturated heterocycles. The highest BCUT2D eigenvalue weighted by atomic mass is 79.9. The Kier molecular flexibility index (Phi) is 4.39. The van der Waals surface area contributed by atoms with Crippen LogP contribution in [0.3, 0.4) is 0 Å². The number of nitrogens with zero attached hydrogens (tertiary/aromatic N) is 2. The maximum absolute atomic E-state index is 12.1. The molecular formula is C15H17BrN2OS. The summed E-state index contributed by atoms with van der Waals surface area (Å²) in [5.74, 6) is 0. The maximum atomic E-state index is 12.1. The van der Waals surface area contributed by atoms with Gasteiger partial charge in [0.25, 0.3) is 0 Å². The van der Waals surface area contributed by atoms with Crippen molar-refractivity contribution in [2.75, 3.05) is 0 Å². The molecule has 1 heterocycles. The van der Waals surface area contributed by atoms with Gasteiger partial charge in [-0.1, -0.05) is 28.1 Å². The second kappa shape index (κ2) is 5.74. The van der Waals surface area contributed by atoms with E-state index in [-0.39, 0.29) is 4.75 Å². The lowest BCUT2D eigenvalue weighted by Gasteiger charge is -2.14. The molecule has 0 saturated carbocycles. The molecule has 2 aromatic rings. The molecule has 0 bridgehead atoms. The van der Waals surface area contributed by atoms with Gasteiger partial charge < -0.3 is 0 Å². The van der Waals surface area contributed by atoms with Crippen molar-refractivity contribution >= 4 is 43.5 Å². The van der Waals surface area contributed by atoms with E-state index in [1.165, 1.54) is 0 Å². The molecule has 1 aromatic heterocycles. The average molecular weight is 353 g/mol. The predicted molar refractivity (Wildman–Crippen MR) is 89.5 cm³/mol. The van der Waals surface area contributed by atoms with Gasteiger partial charge in [-0.05, 0) is 45.9 Å². The molecule has 0 N–H and O–H groups in total. The standard InChI is InChI=1S/C15H17BrN2OS/c1-10(18-20(19)15(2,3)4)13-8-6-11-5-7-12(16)9-14(11)17-13/h5-9H,1-4H3/t20-/m1/s1. The molecular weight excluding hydrogens is 336 g/mol. The van der Waals surface area contributed by atoms with Gasteiger partial charge in [-0.25, -0.2) is 9.19 Å². The van der Waals surface area contributed by atoms with Crippen LogP contribution in [0.4, 0.5) is 0 Å². The van der Waals surface area contributed by atoms with Crippen molar-refractivity contribution in [3.8, 4) is 0 Å². The summed E-state index contributed by atoms with van der Waals surface area (Å²) in [5, 5.41) is 1.07. The SMILES string of the molecule is CC(=N[S@](=O)C(C)(C)C)c1ccc2ccc(Br)cc2n1. The first-order valence-corrected chi connectivity index (χ1v) is 8.21. The molecule has 1 atom stereocenters. The molecule has 0 unspecified atom stereocenters. The third-order valence-electron chi connectivity index (χ3n) is 2.77. The minimum atomic E-state index is -1.27. The summed E-state index contributed by atoms with van der Waals surface area (Å²) in [6.07, 6.45) is 0. The van der Waals surface area contributed by atoms with Gasteiger partial charge in [0.05, 0.1) is 21.7 Å². The smallest absolute Gasteiger partial charge is 0.145 e. The van der Waals surface area contributed by atoms with Crippen LogP contribution in [0.1, 0.15) is 33.4 Å². The van der Waals surface area contributed by atoms with Crippen molar-refractivity contribution in [1.29, 1.82) is 0 Å². The molecule has 3 nitrogen and oxygen atoms in total. The van der Waals surface area contributed by atoms with E-state index in [4.69, 9.17) is 0 Å². The van der Waals surface area contributed by atoms with Gasteiger partial charge in [-0.15, -0.1) is 0 Å². The number of benzene rings is 1. The minimum absolute atomic E-state index is 0.360. The summed E-state index contributed by atoms with van der Waals surface area (Å²) >= 11 is 3.44. The van der Waals surface area contributed by atoms with Gasteiger partial charge in [-0.2, -0.15) is 4.40 Å². The average Bonchev–Trinajstić information content (AvgIpc) is 2.36. The quantitative estimate of drug-likeness (QED) is 0.757. The summed E-state index contributed by atoms with van der Waals surface area (Å²) in [6, 6.07) is 9.88. The Hall–Kier alpha value is -1.07. The van der Waals surface area contributed by atoms with Gasteiger partial charge in [0.15, 0.2) is 0 Å². The molecule has 0 aliphatic carbocycles. The molecule has 0 aliphatic heterocycles. The Morgan fingerprint density at radius 2 is 1.90 bits per heavy atom. The number of pyridine rings is 1. The van der Waals surface area contributed by atoms with E-state index >= 15 is 0 Å². The summed E-state index contributed by atoms with van der Waals surface area (Å²) in [4.78, 5) is 4.58. The van der Waals surface area contributed by atoms with Crippen molar-refractivity contribution in [3.63, 3.8) is 0 Å². The Labute approximate surface area is 130 Å². The molecule has 5 heteroatoms. The van der Waals surface area contributed by atoms with E-state index in [1.807, 2.05) is 58.0 Å². The minimum Gasteiger partial charge on any atom is -0.246 e. The lowest BCUT2D eigenvalue weighted by atomic mass is 10.2. The van der Waals surface area contributed by atoms with E-state index in [2.05, 4.69) is 25.3 Å². The zero-order valence-electron chi connectivity index (χ0n) is 12.0. The van der Waals surface area contributed by atoms with E-state index in [0.717, 1.165) is 21.1 Å². The lowest BCUT2D eigenvalue weighted by molar-refractivity contribution is 0.650. The lowest BCUT2D eigenvalue weighted by Crippen LogP contribution is -2.20. The number of hydrogen-bond acceptors (Lipinski definition) is 2. The Balaban J connectivity index is 2.42. The zero-order chi connectivity index (χ0) is 14.9. The van der Waals surface area contributed by atoms with Crippen LogP contribution in [0, 0.1) is 0 Å². The Bertz CT molecular complexity index is 705. The molecule has 0 aliphatic rings. The van der Waals surface area contributed by atoms with Crippen LogP contribution < -0.4 is 0 Å². The molecule has 0 spiro atoms. The van der Waals surface area contributed by atoms with Crippen LogP contribution >= 0.6 is 15.9 Å². The molecule has 1 aromatic carbocycles. The van der Waals surface area contributed by atoms with Gasteiger partial charge in [0.1, 0.15) is 11.0 Å². The third kappa shape index (κ3) is 3.52.